The molecule has 9 heteroatoms. The van der Waals surface area contributed by atoms with Crippen LogP contribution in [0.3, 0.4) is 0 Å². The fourth-order valence-electron chi connectivity index (χ4n) is 2.65. The van der Waals surface area contributed by atoms with E-state index in [0.29, 0.717) is 24.7 Å². The number of nitrogens with zero attached hydrogens (tertiary/aromatic N) is 3. The summed E-state index contributed by atoms with van der Waals surface area (Å²) in [5.41, 5.74) is 0.809. The number of halogens is 2. The first-order chi connectivity index (χ1) is 10.5. The molecular weight excluding hydrogens is 359 g/mol. The van der Waals surface area contributed by atoms with Gasteiger partial charge in [0.05, 0.1) is 12.2 Å². The summed E-state index contributed by atoms with van der Waals surface area (Å²) in [6, 6.07) is 7.02. The van der Waals surface area contributed by atoms with Crippen molar-refractivity contribution in [1.82, 2.24) is 19.4 Å². The quantitative estimate of drug-likeness (QED) is 0.886. The Bertz CT molecular complexity index is 779. The number of benzene rings is 1. The fraction of sp³-hybridized carbons (Fsp3) is 0.357. The van der Waals surface area contributed by atoms with Crippen LogP contribution >= 0.6 is 24.0 Å². The summed E-state index contributed by atoms with van der Waals surface area (Å²) in [6.07, 6.45) is 2.89. The Morgan fingerprint density at radius 2 is 2.09 bits per heavy atom. The molecule has 1 aliphatic rings. The van der Waals surface area contributed by atoms with Gasteiger partial charge in [-0.25, -0.2) is 8.42 Å². The van der Waals surface area contributed by atoms with E-state index >= 15 is 0 Å². The molecule has 1 fully saturated rings. The highest BCUT2D eigenvalue weighted by molar-refractivity contribution is 7.89. The lowest BCUT2D eigenvalue weighted by molar-refractivity contribution is 0.271. The van der Waals surface area contributed by atoms with Gasteiger partial charge in [-0.15, -0.1) is 12.4 Å². The van der Waals surface area contributed by atoms with Gasteiger partial charge in [0.2, 0.25) is 10.0 Å². The molecule has 1 aromatic carbocycles. The Hall–Kier alpha value is -1.12. The van der Waals surface area contributed by atoms with E-state index in [1.54, 1.807) is 13.1 Å². The molecule has 0 aliphatic carbocycles. The van der Waals surface area contributed by atoms with Crippen LogP contribution in [-0.4, -0.2) is 42.1 Å². The van der Waals surface area contributed by atoms with Gasteiger partial charge in [-0.1, -0.05) is 29.8 Å². The van der Waals surface area contributed by atoms with Crippen molar-refractivity contribution in [3.63, 3.8) is 0 Å². The zero-order valence-corrected chi connectivity index (χ0v) is 14.9. The van der Waals surface area contributed by atoms with Gasteiger partial charge in [0.15, 0.2) is 0 Å². The third-order valence-electron chi connectivity index (χ3n) is 3.75. The molecule has 0 saturated carbocycles. The second-order valence-electron chi connectivity index (χ2n) is 5.21. The lowest BCUT2D eigenvalue weighted by Crippen LogP contribution is -2.48. The molecule has 1 saturated heterocycles. The minimum Gasteiger partial charge on any atom is -0.313 e. The number of sulfonamides is 1. The monoisotopic (exact) mass is 376 g/mol. The van der Waals surface area contributed by atoms with Crippen molar-refractivity contribution in [2.24, 2.45) is 7.05 Å². The van der Waals surface area contributed by atoms with Crippen molar-refractivity contribution < 1.29 is 8.42 Å². The number of nitrogens with one attached hydrogen (secondary N) is 1. The van der Waals surface area contributed by atoms with Gasteiger partial charge in [-0.3, -0.25) is 4.68 Å². The van der Waals surface area contributed by atoms with Crippen LogP contribution < -0.4 is 5.32 Å². The van der Waals surface area contributed by atoms with Crippen molar-refractivity contribution in [3.8, 4) is 0 Å². The number of aryl methyl sites for hydroxylation is 1. The van der Waals surface area contributed by atoms with Gasteiger partial charge in [0.1, 0.15) is 4.90 Å². The van der Waals surface area contributed by atoms with E-state index in [-0.39, 0.29) is 23.3 Å². The van der Waals surface area contributed by atoms with Crippen molar-refractivity contribution in [1.29, 1.82) is 0 Å². The molecule has 0 amide bonds. The molecule has 23 heavy (non-hydrogen) atoms. The number of piperazine rings is 1. The van der Waals surface area contributed by atoms with E-state index in [0.717, 1.165) is 5.56 Å². The minimum absolute atomic E-state index is 0. The minimum atomic E-state index is -3.60. The molecule has 1 unspecified atom stereocenters. The Morgan fingerprint density at radius 3 is 2.74 bits per heavy atom. The average molecular weight is 377 g/mol. The molecule has 1 aromatic heterocycles. The largest absolute Gasteiger partial charge is 0.313 e. The first-order valence-corrected chi connectivity index (χ1v) is 8.77. The Morgan fingerprint density at radius 1 is 1.35 bits per heavy atom. The second kappa shape index (κ2) is 7.19. The van der Waals surface area contributed by atoms with Gasteiger partial charge in [0, 0.05) is 37.9 Å². The van der Waals surface area contributed by atoms with Gasteiger partial charge in [-0.05, 0) is 11.6 Å². The topological polar surface area (TPSA) is 67.2 Å². The summed E-state index contributed by atoms with van der Waals surface area (Å²) >= 11 is 6.26. The molecule has 3 rings (SSSR count). The zero-order chi connectivity index (χ0) is 15.7. The van der Waals surface area contributed by atoms with Crippen LogP contribution in [-0.2, 0) is 17.1 Å². The summed E-state index contributed by atoms with van der Waals surface area (Å²) in [7, 11) is -1.91. The van der Waals surface area contributed by atoms with Crippen molar-refractivity contribution in [2.45, 2.75) is 10.9 Å². The predicted molar refractivity (Wildman–Crippen MR) is 91.4 cm³/mol. The summed E-state index contributed by atoms with van der Waals surface area (Å²) in [5, 5.41) is 7.77. The van der Waals surface area contributed by atoms with Gasteiger partial charge >= 0.3 is 0 Å². The zero-order valence-electron chi connectivity index (χ0n) is 12.5. The van der Waals surface area contributed by atoms with Crippen LogP contribution in [0.25, 0.3) is 0 Å². The molecule has 2 aromatic rings. The first kappa shape index (κ1) is 18.2. The van der Waals surface area contributed by atoms with Crippen molar-refractivity contribution >= 4 is 34.0 Å². The smallest absolute Gasteiger partial charge is 0.246 e. The van der Waals surface area contributed by atoms with Crippen LogP contribution in [0.15, 0.2) is 41.6 Å². The summed E-state index contributed by atoms with van der Waals surface area (Å²) in [6.45, 7) is 1.54. The molecule has 1 aliphatic heterocycles. The van der Waals surface area contributed by atoms with E-state index in [9.17, 15) is 8.42 Å². The maximum Gasteiger partial charge on any atom is 0.246 e. The maximum atomic E-state index is 12.9. The summed E-state index contributed by atoms with van der Waals surface area (Å²) in [4.78, 5) is 0.203. The molecular formula is C14H18Cl2N4O2S. The Kier molecular flexibility index (Phi) is 5.70. The molecule has 126 valence electrons. The van der Waals surface area contributed by atoms with Crippen LogP contribution in [0.1, 0.15) is 11.6 Å². The second-order valence-corrected chi connectivity index (χ2v) is 7.50. The van der Waals surface area contributed by atoms with Crippen LogP contribution in [0, 0.1) is 0 Å². The van der Waals surface area contributed by atoms with Crippen LogP contribution in [0.5, 0.6) is 0 Å². The molecule has 0 bridgehead atoms. The van der Waals surface area contributed by atoms with E-state index in [1.807, 2.05) is 18.2 Å². The van der Waals surface area contributed by atoms with Gasteiger partial charge in [-0.2, -0.15) is 9.40 Å². The van der Waals surface area contributed by atoms with Crippen LogP contribution in [0.2, 0.25) is 5.02 Å². The highest BCUT2D eigenvalue weighted by atomic mass is 35.5. The maximum absolute atomic E-state index is 12.9. The lowest BCUT2D eigenvalue weighted by Gasteiger charge is -2.35. The predicted octanol–water partition coefficient (Wildman–Crippen LogP) is 1.83. The molecule has 6 nitrogen and oxygen atoms in total. The summed E-state index contributed by atoms with van der Waals surface area (Å²) in [5.74, 6) is 0. The van der Waals surface area contributed by atoms with Gasteiger partial charge < -0.3 is 5.32 Å². The third-order valence-corrected chi connectivity index (χ3v) is 5.95. The first-order valence-electron chi connectivity index (χ1n) is 6.96. The van der Waals surface area contributed by atoms with E-state index in [4.69, 9.17) is 11.6 Å². The lowest BCUT2D eigenvalue weighted by atomic mass is 10.1. The molecule has 0 radical (unpaired) electrons. The highest BCUT2D eigenvalue weighted by Crippen LogP contribution is 2.32. The van der Waals surface area contributed by atoms with E-state index < -0.39 is 10.0 Å². The third kappa shape index (κ3) is 3.54. The molecule has 1 N–H and O–H groups in total. The normalized spacial score (nSPS) is 19.3. The Balaban J connectivity index is 0.00000192. The van der Waals surface area contributed by atoms with Crippen molar-refractivity contribution in [2.75, 3.05) is 19.6 Å². The highest BCUT2D eigenvalue weighted by Gasteiger charge is 2.35. The molecule has 1 atom stereocenters. The average Bonchev–Trinajstić information content (AvgIpc) is 2.95. The standard InChI is InChI=1S/C14H17ClN4O2S.ClH/c1-18-10-11(8-17-18)22(20,21)19-7-6-16-9-14(19)12-4-2-3-5-13(12)15;/h2-5,8,10,14,16H,6-7,9H2,1H3;1H. The number of hydrogen-bond donors (Lipinski definition) is 1. The van der Waals surface area contributed by atoms with Crippen molar-refractivity contribution in [3.05, 3.63) is 47.2 Å². The van der Waals surface area contributed by atoms with Gasteiger partial charge in [0.25, 0.3) is 0 Å². The summed E-state index contributed by atoms with van der Waals surface area (Å²) < 4.78 is 28.8. The molecule has 0 spiro atoms. The van der Waals surface area contributed by atoms with E-state index in [1.165, 1.54) is 21.4 Å². The number of hydrogen-bond acceptors (Lipinski definition) is 4. The Labute approximate surface area is 146 Å². The number of aromatic nitrogens is 2. The fourth-order valence-corrected chi connectivity index (χ4v) is 4.50. The number of rotatable bonds is 3. The molecule has 2 heterocycles. The van der Waals surface area contributed by atoms with Crippen LogP contribution in [0.4, 0.5) is 0 Å². The van der Waals surface area contributed by atoms with E-state index in [2.05, 4.69) is 10.4 Å². The SMILES string of the molecule is Cl.Cn1cc(S(=O)(=O)N2CCNCC2c2ccccc2Cl)cn1.